The van der Waals surface area contributed by atoms with Crippen LogP contribution >= 0.6 is 40.7 Å². The third kappa shape index (κ3) is 6.74. The lowest BCUT2D eigenvalue weighted by Gasteiger charge is -2.20. The quantitative estimate of drug-likeness (QED) is 0.830. The number of aromatic nitrogens is 1. The van der Waals surface area contributed by atoms with Gasteiger partial charge in [-0.15, -0.1) is 24.8 Å². The van der Waals surface area contributed by atoms with Gasteiger partial charge in [0.25, 0.3) is 5.91 Å². The minimum Gasteiger partial charge on any atom is -0.362 e. The number of carbonyl (C=O) groups is 1. The van der Waals surface area contributed by atoms with Crippen LogP contribution in [0.25, 0.3) is 0 Å². The van der Waals surface area contributed by atoms with Crippen molar-refractivity contribution in [3.05, 3.63) is 22.3 Å². The van der Waals surface area contributed by atoms with E-state index < -0.39 is 5.54 Å². The predicted molar refractivity (Wildman–Crippen MR) is 91.4 cm³/mol. The highest BCUT2D eigenvalue weighted by Gasteiger charge is 2.17. The molecule has 1 aromatic heterocycles. The Bertz CT molecular complexity index is 450. The Morgan fingerprint density at radius 1 is 1.45 bits per heavy atom. The number of carbonyl (C=O) groups excluding carboxylic acids is 1. The molecule has 0 saturated heterocycles. The SMILES string of the molecule is CN(C)c1ncc(Br)cc1C(=O)NCC(C)(C)N.Cl.Cl. The monoisotopic (exact) mass is 386 g/mol. The molecule has 0 saturated carbocycles. The Balaban J connectivity index is 0. The van der Waals surface area contributed by atoms with E-state index in [0.29, 0.717) is 17.9 Å². The van der Waals surface area contributed by atoms with Crippen LogP contribution in [0.5, 0.6) is 0 Å². The second kappa shape index (κ2) is 8.67. The summed E-state index contributed by atoms with van der Waals surface area (Å²) in [6, 6.07) is 1.75. The third-order valence-electron chi connectivity index (χ3n) is 2.21. The average molecular weight is 388 g/mol. The molecule has 5 nitrogen and oxygen atoms in total. The summed E-state index contributed by atoms with van der Waals surface area (Å²) < 4.78 is 0.769. The number of nitrogens with zero attached hydrogens (tertiary/aromatic N) is 2. The van der Waals surface area contributed by atoms with Crippen LogP contribution in [0.15, 0.2) is 16.7 Å². The molecule has 1 aromatic rings. The number of hydrogen-bond donors (Lipinski definition) is 2. The molecule has 20 heavy (non-hydrogen) atoms. The van der Waals surface area contributed by atoms with Crippen LogP contribution in [0, 0.1) is 0 Å². The molecule has 0 spiro atoms. The fraction of sp³-hybridized carbons (Fsp3) is 0.500. The molecule has 0 unspecified atom stereocenters. The van der Waals surface area contributed by atoms with Crippen molar-refractivity contribution in [3.63, 3.8) is 0 Å². The number of rotatable bonds is 4. The lowest BCUT2D eigenvalue weighted by molar-refractivity contribution is 0.0946. The Kier molecular flexibility index (Phi) is 9.42. The molecule has 0 aliphatic carbocycles. The Hall–Kier alpha value is -0.560. The van der Waals surface area contributed by atoms with E-state index in [1.165, 1.54) is 0 Å². The van der Waals surface area contributed by atoms with Gasteiger partial charge in [0.2, 0.25) is 0 Å². The van der Waals surface area contributed by atoms with Crippen molar-refractivity contribution in [1.29, 1.82) is 0 Å². The molecule has 0 bridgehead atoms. The molecule has 0 atom stereocenters. The largest absolute Gasteiger partial charge is 0.362 e. The van der Waals surface area contributed by atoms with Gasteiger partial charge in [-0.25, -0.2) is 4.98 Å². The minimum absolute atomic E-state index is 0. The first-order chi connectivity index (χ1) is 8.20. The summed E-state index contributed by atoms with van der Waals surface area (Å²) in [5, 5.41) is 2.81. The van der Waals surface area contributed by atoms with E-state index in [0.717, 1.165) is 4.47 Å². The maximum absolute atomic E-state index is 12.1. The van der Waals surface area contributed by atoms with E-state index >= 15 is 0 Å². The minimum atomic E-state index is -0.437. The van der Waals surface area contributed by atoms with E-state index in [-0.39, 0.29) is 30.7 Å². The zero-order valence-corrected chi connectivity index (χ0v) is 15.2. The van der Waals surface area contributed by atoms with Crippen molar-refractivity contribution in [2.24, 2.45) is 5.73 Å². The normalized spacial score (nSPS) is 10.1. The molecule has 1 heterocycles. The molecule has 0 aliphatic rings. The van der Waals surface area contributed by atoms with Crippen LogP contribution in [-0.4, -0.2) is 37.1 Å². The number of halogens is 3. The Labute approximate surface area is 140 Å². The molecule has 0 fully saturated rings. The number of amides is 1. The maximum Gasteiger partial charge on any atom is 0.255 e. The molecule has 0 aromatic carbocycles. The zero-order chi connectivity index (χ0) is 13.9. The second-order valence-electron chi connectivity index (χ2n) is 5.09. The topological polar surface area (TPSA) is 71.2 Å². The lowest BCUT2D eigenvalue weighted by atomic mass is 10.1. The number of pyridine rings is 1. The highest BCUT2D eigenvalue weighted by molar-refractivity contribution is 9.10. The highest BCUT2D eigenvalue weighted by atomic mass is 79.9. The van der Waals surface area contributed by atoms with Crippen LogP contribution in [0.4, 0.5) is 5.82 Å². The summed E-state index contributed by atoms with van der Waals surface area (Å²) >= 11 is 3.32. The van der Waals surface area contributed by atoms with E-state index in [2.05, 4.69) is 26.2 Å². The predicted octanol–water partition coefficient (Wildman–Crippen LogP) is 2.22. The lowest BCUT2D eigenvalue weighted by Crippen LogP contribution is -2.45. The van der Waals surface area contributed by atoms with Gasteiger partial charge in [-0.05, 0) is 35.8 Å². The molecule has 3 N–H and O–H groups in total. The van der Waals surface area contributed by atoms with Crippen molar-refractivity contribution in [2.45, 2.75) is 19.4 Å². The van der Waals surface area contributed by atoms with Gasteiger partial charge < -0.3 is 16.0 Å². The van der Waals surface area contributed by atoms with Gasteiger partial charge >= 0.3 is 0 Å². The number of nitrogens with one attached hydrogen (secondary N) is 1. The summed E-state index contributed by atoms with van der Waals surface area (Å²) in [7, 11) is 3.69. The first kappa shape index (κ1) is 21.7. The summed E-state index contributed by atoms with van der Waals surface area (Å²) in [6.07, 6.45) is 1.67. The van der Waals surface area contributed by atoms with Crippen LogP contribution in [0.2, 0.25) is 0 Å². The molecular weight excluding hydrogens is 367 g/mol. The number of nitrogens with two attached hydrogens (primary N) is 1. The fourth-order valence-corrected chi connectivity index (χ4v) is 1.69. The van der Waals surface area contributed by atoms with Crippen molar-refractivity contribution < 1.29 is 4.79 Å². The van der Waals surface area contributed by atoms with E-state index in [1.54, 1.807) is 17.2 Å². The highest BCUT2D eigenvalue weighted by Crippen LogP contribution is 2.19. The van der Waals surface area contributed by atoms with Crippen molar-refractivity contribution in [1.82, 2.24) is 10.3 Å². The molecule has 1 amide bonds. The van der Waals surface area contributed by atoms with E-state index in [1.807, 2.05) is 27.9 Å². The second-order valence-corrected chi connectivity index (χ2v) is 6.01. The molecule has 116 valence electrons. The van der Waals surface area contributed by atoms with Gasteiger partial charge in [0, 0.05) is 36.8 Å². The molecule has 0 aliphatic heterocycles. The fourth-order valence-electron chi connectivity index (χ4n) is 1.36. The number of hydrogen-bond acceptors (Lipinski definition) is 4. The van der Waals surface area contributed by atoms with Crippen molar-refractivity contribution >= 4 is 52.5 Å². The smallest absolute Gasteiger partial charge is 0.255 e. The van der Waals surface area contributed by atoms with E-state index in [9.17, 15) is 4.79 Å². The van der Waals surface area contributed by atoms with E-state index in [4.69, 9.17) is 5.73 Å². The molecule has 0 radical (unpaired) electrons. The van der Waals surface area contributed by atoms with Gasteiger partial charge in [0.1, 0.15) is 5.82 Å². The standard InChI is InChI=1S/C12H19BrN4O.2ClH/c1-12(2,14)7-16-11(18)9-5-8(13)6-15-10(9)17(3)4;;/h5-6H,7,14H2,1-4H3,(H,16,18);2*1H. The zero-order valence-electron chi connectivity index (χ0n) is 11.9. The summed E-state index contributed by atoms with van der Waals surface area (Å²) in [5.41, 5.74) is 5.93. The van der Waals surface area contributed by atoms with Gasteiger partial charge in [-0.1, -0.05) is 0 Å². The van der Waals surface area contributed by atoms with Crippen LogP contribution in [0.1, 0.15) is 24.2 Å². The van der Waals surface area contributed by atoms with Crippen molar-refractivity contribution in [2.75, 3.05) is 25.5 Å². The van der Waals surface area contributed by atoms with Gasteiger partial charge in [-0.3, -0.25) is 4.79 Å². The van der Waals surface area contributed by atoms with Crippen molar-refractivity contribution in [3.8, 4) is 0 Å². The average Bonchev–Trinajstić information content (AvgIpc) is 2.24. The molecule has 1 rings (SSSR count). The van der Waals surface area contributed by atoms with Gasteiger partial charge in [0.15, 0.2) is 0 Å². The van der Waals surface area contributed by atoms with Crippen LogP contribution in [0.3, 0.4) is 0 Å². The summed E-state index contributed by atoms with van der Waals surface area (Å²) in [4.78, 5) is 18.1. The first-order valence-electron chi connectivity index (χ1n) is 5.60. The number of anilines is 1. The van der Waals surface area contributed by atoms with Gasteiger partial charge in [0.05, 0.1) is 5.56 Å². The Morgan fingerprint density at radius 3 is 2.45 bits per heavy atom. The first-order valence-corrected chi connectivity index (χ1v) is 6.40. The third-order valence-corrected chi connectivity index (χ3v) is 2.64. The molecule has 8 heteroatoms. The Morgan fingerprint density at radius 2 is 2.00 bits per heavy atom. The summed E-state index contributed by atoms with van der Waals surface area (Å²) in [6.45, 7) is 4.13. The summed E-state index contributed by atoms with van der Waals surface area (Å²) in [5.74, 6) is 0.455. The van der Waals surface area contributed by atoms with Gasteiger partial charge in [-0.2, -0.15) is 0 Å². The molecular formula is C12H21BrCl2N4O. The van der Waals surface area contributed by atoms with Crippen LogP contribution < -0.4 is 16.0 Å². The maximum atomic E-state index is 12.1. The van der Waals surface area contributed by atoms with Crippen LogP contribution in [-0.2, 0) is 0 Å².